The summed E-state index contributed by atoms with van der Waals surface area (Å²) < 4.78 is 11.5. The van der Waals surface area contributed by atoms with Gasteiger partial charge in [-0.3, -0.25) is 4.79 Å². The molecule has 2 aliphatic rings. The third kappa shape index (κ3) is 5.54. The number of piperidine rings is 1. The molecule has 5 nitrogen and oxygen atoms in total. The van der Waals surface area contributed by atoms with Crippen LogP contribution in [-0.2, 0) is 17.8 Å². The van der Waals surface area contributed by atoms with Crippen molar-refractivity contribution >= 4 is 18.3 Å². The van der Waals surface area contributed by atoms with Gasteiger partial charge in [-0.15, -0.1) is 12.4 Å². The largest absolute Gasteiger partial charge is 0.490 e. The zero-order valence-electron chi connectivity index (χ0n) is 17.5. The normalized spacial score (nSPS) is 20.0. The molecule has 1 saturated heterocycles. The number of hydrogen-bond donors (Lipinski definition) is 1. The van der Waals surface area contributed by atoms with E-state index in [2.05, 4.69) is 24.4 Å². The molecule has 158 valence electrons. The third-order valence-electron chi connectivity index (χ3n) is 5.87. The summed E-state index contributed by atoms with van der Waals surface area (Å²) in [7, 11) is 0. The van der Waals surface area contributed by atoms with E-state index < -0.39 is 0 Å². The number of benzene rings is 1. The topological polar surface area (TPSA) is 50.8 Å². The Morgan fingerprint density at radius 3 is 2.50 bits per heavy atom. The Balaban J connectivity index is 0.00000280. The maximum atomic E-state index is 12.9. The smallest absolute Gasteiger partial charge is 0.223 e. The van der Waals surface area contributed by atoms with Crippen LogP contribution in [0.5, 0.6) is 11.5 Å². The molecule has 0 bridgehead atoms. The summed E-state index contributed by atoms with van der Waals surface area (Å²) >= 11 is 0. The van der Waals surface area contributed by atoms with Gasteiger partial charge in [0.2, 0.25) is 5.91 Å². The van der Waals surface area contributed by atoms with Gasteiger partial charge in [0.15, 0.2) is 11.5 Å². The summed E-state index contributed by atoms with van der Waals surface area (Å²) in [6.45, 7) is 11.1. The zero-order chi connectivity index (χ0) is 19.2. The van der Waals surface area contributed by atoms with E-state index in [1.54, 1.807) is 0 Å². The Kier molecular flexibility index (Phi) is 8.90. The minimum atomic E-state index is 0. The number of rotatable bonds is 7. The lowest BCUT2D eigenvalue weighted by atomic mass is 9.85. The van der Waals surface area contributed by atoms with E-state index in [0.717, 1.165) is 37.6 Å². The Hall–Kier alpha value is -1.46. The first-order valence-corrected chi connectivity index (χ1v) is 10.5. The Morgan fingerprint density at radius 1 is 1.21 bits per heavy atom. The lowest BCUT2D eigenvalue weighted by molar-refractivity contribution is -0.133. The molecule has 1 aromatic carbocycles. The summed E-state index contributed by atoms with van der Waals surface area (Å²) in [5.74, 6) is 2.94. The standard InChI is InChI=1S/C22H34N2O3.ClH/c1-4-26-20-12-17-8-10-24(15-19(17)13-21(20)27-5-2)22(25)11-16(3)18-7-6-9-23-14-18;/h12-13,16,18,23H,4-11,14-15H2,1-3H3;1H. The van der Waals surface area contributed by atoms with Gasteiger partial charge in [-0.1, -0.05) is 6.92 Å². The van der Waals surface area contributed by atoms with Gasteiger partial charge in [0, 0.05) is 19.5 Å². The number of hydrogen-bond acceptors (Lipinski definition) is 4. The van der Waals surface area contributed by atoms with Crippen molar-refractivity contribution in [2.45, 2.75) is 53.0 Å². The molecule has 0 aromatic heterocycles. The van der Waals surface area contributed by atoms with Crippen molar-refractivity contribution in [1.29, 1.82) is 0 Å². The second-order valence-corrected chi connectivity index (χ2v) is 7.79. The zero-order valence-corrected chi connectivity index (χ0v) is 18.3. The van der Waals surface area contributed by atoms with Crippen LogP contribution in [0.15, 0.2) is 12.1 Å². The molecule has 2 atom stereocenters. The van der Waals surface area contributed by atoms with E-state index in [0.29, 0.717) is 38.0 Å². The van der Waals surface area contributed by atoms with Crippen LogP contribution in [0.1, 0.15) is 51.2 Å². The molecule has 1 amide bonds. The highest BCUT2D eigenvalue weighted by Gasteiger charge is 2.27. The molecule has 3 rings (SSSR count). The molecule has 0 aliphatic carbocycles. The number of amides is 1. The molecule has 0 radical (unpaired) electrons. The van der Waals surface area contributed by atoms with Gasteiger partial charge >= 0.3 is 0 Å². The van der Waals surface area contributed by atoms with Gasteiger partial charge in [-0.2, -0.15) is 0 Å². The molecule has 6 heteroatoms. The molecule has 2 aliphatic heterocycles. The van der Waals surface area contributed by atoms with Gasteiger partial charge in [0.05, 0.1) is 13.2 Å². The highest BCUT2D eigenvalue weighted by molar-refractivity contribution is 5.85. The minimum Gasteiger partial charge on any atom is -0.490 e. The van der Waals surface area contributed by atoms with E-state index in [4.69, 9.17) is 9.47 Å². The second-order valence-electron chi connectivity index (χ2n) is 7.79. The van der Waals surface area contributed by atoms with Crippen molar-refractivity contribution < 1.29 is 14.3 Å². The molecular formula is C22H35ClN2O3. The lowest BCUT2D eigenvalue weighted by Gasteiger charge is -2.33. The van der Waals surface area contributed by atoms with Gasteiger partial charge in [-0.05, 0) is 81.3 Å². The van der Waals surface area contributed by atoms with Crippen molar-refractivity contribution in [2.75, 3.05) is 32.8 Å². The summed E-state index contributed by atoms with van der Waals surface area (Å²) in [6, 6.07) is 4.17. The fraction of sp³-hybridized carbons (Fsp3) is 0.682. The van der Waals surface area contributed by atoms with Crippen LogP contribution in [0.3, 0.4) is 0 Å². The molecule has 1 fully saturated rings. The predicted octanol–water partition coefficient (Wildman–Crippen LogP) is 3.82. The minimum absolute atomic E-state index is 0. The maximum absolute atomic E-state index is 12.9. The Morgan fingerprint density at radius 2 is 1.89 bits per heavy atom. The van der Waals surface area contributed by atoms with E-state index in [9.17, 15) is 4.79 Å². The van der Waals surface area contributed by atoms with Crippen LogP contribution in [-0.4, -0.2) is 43.7 Å². The maximum Gasteiger partial charge on any atom is 0.223 e. The first-order valence-electron chi connectivity index (χ1n) is 10.5. The van der Waals surface area contributed by atoms with Gasteiger partial charge < -0.3 is 19.7 Å². The molecule has 28 heavy (non-hydrogen) atoms. The first kappa shape index (κ1) is 22.8. The molecule has 2 unspecified atom stereocenters. The van der Waals surface area contributed by atoms with Crippen LogP contribution in [0.25, 0.3) is 0 Å². The first-order chi connectivity index (χ1) is 13.1. The van der Waals surface area contributed by atoms with Crippen molar-refractivity contribution in [2.24, 2.45) is 11.8 Å². The second kappa shape index (κ2) is 10.9. The van der Waals surface area contributed by atoms with Gasteiger partial charge in [0.25, 0.3) is 0 Å². The number of fused-ring (bicyclic) bond motifs is 1. The van der Waals surface area contributed by atoms with Crippen molar-refractivity contribution in [3.05, 3.63) is 23.3 Å². The Labute approximate surface area is 175 Å². The van der Waals surface area contributed by atoms with Crippen LogP contribution in [0.4, 0.5) is 0 Å². The summed E-state index contributed by atoms with van der Waals surface area (Å²) in [5.41, 5.74) is 2.46. The quantitative estimate of drug-likeness (QED) is 0.742. The fourth-order valence-electron chi connectivity index (χ4n) is 4.25. The molecule has 2 heterocycles. The van der Waals surface area contributed by atoms with Gasteiger partial charge in [-0.25, -0.2) is 0 Å². The molecule has 1 aromatic rings. The molecular weight excluding hydrogens is 376 g/mol. The molecule has 0 spiro atoms. The number of halogens is 1. The van der Waals surface area contributed by atoms with E-state index in [1.807, 2.05) is 18.7 Å². The number of ether oxygens (including phenoxy) is 2. The molecule has 0 saturated carbocycles. The number of carbonyl (C=O) groups is 1. The van der Waals surface area contributed by atoms with Crippen LogP contribution in [0, 0.1) is 11.8 Å². The number of nitrogens with one attached hydrogen (secondary N) is 1. The summed E-state index contributed by atoms with van der Waals surface area (Å²) in [6.07, 6.45) is 3.99. The average Bonchev–Trinajstić information content (AvgIpc) is 2.69. The monoisotopic (exact) mass is 410 g/mol. The number of carbonyl (C=O) groups excluding carboxylic acids is 1. The average molecular weight is 411 g/mol. The molecule has 1 N–H and O–H groups in total. The summed E-state index contributed by atoms with van der Waals surface area (Å²) in [4.78, 5) is 14.9. The fourth-order valence-corrected chi connectivity index (χ4v) is 4.25. The highest BCUT2D eigenvalue weighted by Crippen LogP contribution is 2.34. The van der Waals surface area contributed by atoms with E-state index in [-0.39, 0.29) is 18.3 Å². The highest BCUT2D eigenvalue weighted by atomic mass is 35.5. The van der Waals surface area contributed by atoms with Crippen molar-refractivity contribution in [1.82, 2.24) is 10.2 Å². The van der Waals surface area contributed by atoms with Crippen LogP contribution in [0.2, 0.25) is 0 Å². The van der Waals surface area contributed by atoms with Crippen LogP contribution < -0.4 is 14.8 Å². The Bertz CT molecular complexity index is 647. The third-order valence-corrected chi connectivity index (χ3v) is 5.87. The lowest BCUT2D eigenvalue weighted by Crippen LogP contribution is -2.39. The number of nitrogens with zero attached hydrogens (tertiary/aromatic N) is 1. The SMILES string of the molecule is CCOc1cc2c(cc1OCC)CN(C(=O)CC(C)C1CCCNC1)CC2.Cl. The van der Waals surface area contributed by atoms with Crippen molar-refractivity contribution in [3.8, 4) is 11.5 Å². The summed E-state index contributed by atoms with van der Waals surface area (Å²) in [5, 5.41) is 3.46. The van der Waals surface area contributed by atoms with E-state index in [1.165, 1.54) is 24.0 Å². The predicted molar refractivity (Wildman–Crippen MR) is 115 cm³/mol. The van der Waals surface area contributed by atoms with E-state index >= 15 is 0 Å². The van der Waals surface area contributed by atoms with Gasteiger partial charge in [0.1, 0.15) is 0 Å². The van der Waals surface area contributed by atoms with Crippen molar-refractivity contribution in [3.63, 3.8) is 0 Å². The van der Waals surface area contributed by atoms with Crippen LogP contribution >= 0.6 is 12.4 Å².